The fourth-order valence-electron chi connectivity index (χ4n) is 4.02. The molecule has 2 heterocycles. The SMILES string of the molecule is O=C1ON2CN(c3ccccc3)CC2(c2ccccc2)N1c1ccccc1. The lowest BCUT2D eigenvalue weighted by Crippen LogP contribution is -2.50. The maximum absolute atomic E-state index is 12.9. The molecule has 0 radical (unpaired) electrons. The van der Waals surface area contributed by atoms with E-state index in [0.29, 0.717) is 13.2 Å². The predicted octanol–water partition coefficient (Wildman–Crippen LogP) is 4.19. The minimum absolute atomic E-state index is 0.349. The average Bonchev–Trinajstić information content (AvgIpc) is 3.22. The molecule has 5 rings (SSSR count). The smallest absolute Gasteiger partial charge is 0.351 e. The van der Waals surface area contributed by atoms with Crippen LogP contribution < -0.4 is 9.80 Å². The molecule has 0 saturated carbocycles. The van der Waals surface area contributed by atoms with Crippen LogP contribution in [0, 0.1) is 0 Å². The standard InChI is InChI=1S/C22H19N3O2/c26-21-25(20-14-8-3-9-15-20)22(18-10-4-1-5-11-18)16-23(17-24(22)27-21)19-12-6-2-7-13-19/h1-15H,16-17H2. The van der Waals surface area contributed by atoms with Crippen LogP contribution in [-0.4, -0.2) is 24.4 Å². The Bertz CT molecular complexity index is 949. The molecule has 2 aliphatic heterocycles. The second-order valence-electron chi connectivity index (χ2n) is 6.76. The number of hydroxylamine groups is 2. The van der Waals surface area contributed by atoms with Gasteiger partial charge in [0.05, 0.1) is 6.54 Å². The zero-order chi connectivity index (χ0) is 18.3. The second kappa shape index (κ2) is 6.14. The van der Waals surface area contributed by atoms with Gasteiger partial charge in [0.1, 0.15) is 6.67 Å². The first kappa shape index (κ1) is 15.9. The van der Waals surface area contributed by atoms with Gasteiger partial charge >= 0.3 is 6.09 Å². The van der Waals surface area contributed by atoms with Crippen LogP contribution in [0.4, 0.5) is 16.2 Å². The fourth-order valence-corrected chi connectivity index (χ4v) is 4.02. The van der Waals surface area contributed by atoms with E-state index in [4.69, 9.17) is 4.84 Å². The summed E-state index contributed by atoms with van der Waals surface area (Å²) in [5.41, 5.74) is 2.24. The highest BCUT2D eigenvalue weighted by Gasteiger charge is 2.60. The van der Waals surface area contributed by atoms with Crippen LogP contribution in [0.5, 0.6) is 0 Å². The lowest BCUT2D eigenvalue weighted by Gasteiger charge is -2.35. The maximum Gasteiger partial charge on any atom is 0.435 e. The van der Waals surface area contributed by atoms with Gasteiger partial charge in [0.15, 0.2) is 5.66 Å². The molecule has 1 unspecified atom stereocenters. The Hall–Kier alpha value is -3.31. The molecule has 134 valence electrons. The number of amides is 1. The van der Waals surface area contributed by atoms with E-state index in [1.54, 1.807) is 9.96 Å². The van der Waals surface area contributed by atoms with E-state index in [0.717, 1.165) is 16.9 Å². The van der Waals surface area contributed by atoms with Crippen molar-refractivity contribution in [2.75, 3.05) is 23.0 Å². The van der Waals surface area contributed by atoms with E-state index in [9.17, 15) is 4.79 Å². The molecule has 5 heteroatoms. The second-order valence-corrected chi connectivity index (χ2v) is 6.76. The number of carbonyl (C=O) groups excluding carboxylic acids is 1. The van der Waals surface area contributed by atoms with Gasteiger partial charge in [0.2, 0.25) is 0 Å². The van der Waals surface area contributed by atoms with Gasteiger partial charge in [-0.1, -0.05) is 71.8 Å². The molecule has 1 amide bonds. The highest BCUT2D eigenvalue weighted by molar-refractivity contribution is 5.91. The molecule has 2 fully saturated rings. The van der Waals surface area contributed by atoms with Crippen molar-refractivity contribution in [2.24, 2.45) is 0 Å². The van der Waals surface area contributed by atoms with Crippen molar-refractivity contribution in [3.05, 3.63) is 96.6 Å². The van der Waals surface area contributed by atoms with Crippen molar-refractivity contribution < 1.29 is 9.63 Å². The van der Waals surface area contributed by atoms with Gasteiger partial charge < -0.3 is 9.74 Å². The summed E-state index contributed by atoms with van der Waals surface area (Å²) in [5.74, 6) is 0. The lowest BCUT2D eigenvalue weighted by molar-refractivity contribution is -0.105. The quantitative estimate of drug-likeness (QED) is 0.704. The summed E-state index contributed by atoms with van der Waals surface area (Å²) in [6.45, 7) is 1.12. The van der Waals surface area contributed by atoms with Crippen molar-refractivity contribution in [3.63, 3.8) is 0 Å². The number of benzene rings is 3. The largest absolute Gasteiger partial charge is 0.435 e. The summed E-state index contributed by atoms with van der Waals surface area (Å²) >= 11 is 0. The van der Waals surface area contributed by atoms with E-state index < -0.39 is 5.66 Å². The summed E-state index contributed by atoms with van der Waals surface area (Å²) in [4.78, 5) is 22.6. The van der Waals surface area contributed by atoms with Crippen LogP contribution in [0.2, 0.25) is 0 Å². The minimum atomic E-state index is -0.713. The third kappa shape index (κ3) is 2.39. The summed E-state index contributed by atoms with van der Waals surface area (Å²) in [7, 11) is 0. The van der Waals surface area contributed by atoms with Crippen LogP contribution in [0.3, 0.4) is 0 Å². The van der Waals surface area contributed by atoms with Crippen LogP contribution in [0.15, 0.2) is 91.0 Å². The summed E-state index contributed by atoms with van der Waals surface area (Å²) < 4.78 is 0. The minimum Gasteiger partial charge on any atom is -0.351 e. The van der Waals surface area contributed by atoms with Crippen LogP contribution in [-0.2, 0) is 10.5 Å². The molecule has 1 atom stereocenters. The highest BCUT2D eigenvalue weighted by Crippen LogP contribution is 2.46. The van der Waals surface area contributed by atoms with Crippen molar-refractivity contribution in [3.8, 4) is 0 Å². The number of hydrogen-bond donors (Lipinski definition) is 0. The summed E-state index contributed by atoms with van der Waals surface area (Å²) in [5, 5.41) is 1.80. The first-order valence-corrected chi connectivity index (χ1v) is 8.99. The predicted molar refractivity (Wildman–Crippen MR) is 104 cm³/mol. The third-order valence-electron chi connectivity index (χ3n) is 5.24. The molecule has 0 spiro atoms. The molecular weight excluding hydrogens is 338 g/mol. The van der Waals surface area contributed by atoms with Gasteiger partial charge in [-0.2, -0.15) is 0 Å². The van der Waals surface area contributed by atoms with E-state index >= 15 is 0 Å². The molecule has 0 aromatic heterocycles. The van der Waals surface area contributed by atoms with Crippen molar-refractivity contribution in [1.29, 1.82) is 0 Å². The summed E-state index contributed by atoms with van der Waals surface area (Å²) in [6, 6.07) is 30.0. The van der Waals surface area contributed by atoms with Crippen molar-refractivity contribution in [2.45, 2.75) is 5.66 Å². The van der Waals surface area contributed by atoms with E-state index in [1.807, 2.05) is 66.7 Å². The highest BCUT2D eigenvalue weighted by atomic mass is 16.8. The number of hydrogen-bond acceptors (Lipinski definition) is 4. The Kier molecular flexibility index (Phi) is 3.62. The molecular formula is C22H19N3O2. The first-order valence-electron chi connectivity index (χ1n) is 8.99. The topological polar surface area (TPSA) is 36.0 Å². The molecule has 3 aromatic rings. The Morgan fingerprint density at radius 3 is 1.93 bits per heavy atom. The van der Waals surface area contributed by atoms with Gasteiger partial charge in [0.25, 0.3) is 0 Å². The number of rotatable bonds is 3. The zero-order valence-electron chi connectivity index (χ0n) is 14.7. The Morgan fingerprint density at radius 1 is 0.741 bits per heavy atom. The number of para-hydroxylation sites is 2. The van der Waals surface area contributed by atoms with E-state index in [2.05, 4.69) is 29.2 Å². The first-order chi connectivity index (χ1) is 13.3. The molecule has 3 aromatic carbocycles. The maximum atomic E-state index is 12.9. The van der Waals surface area contributed by atoms with Crippen LogP contribution in [0.25, 0.3) is 0 Å². The van der Waals surface area contributed by atoms with Crippen molar-refractivity contribution >= 4 is 17.5 Å². The zero-order valence-corrected chi connectivity index (χ0v) is 14.7. The average molecular weight is 357 g/mol. The van der Waals surface area contributed by atoms with Gasteiger partial charge in [-0.05, 0) is 29.8 Å². The Balaban J connectivity index is 1.65. The normalized spacial score (nSPS) is 22.0. The van der Waals surface area contributed by atoms with E-state index in [-0.39, 0.29) is 6.09 Å². The fraction of sp³-hybridized carbons (Fsp3) is 0.136. The van der Waals surface area contributed by atoms with Crippen LogP contribution in [0.1, 0.15) is 5.56 Å². The number of nitrogens with zero attached hydrogens (tertiary/aromatic N) is 3. The molecule has 2 saturated heterocycles. The molecule has 5 nitrogen and oxygen atoms in total. The van der Waals surface area contributed by atoms with Gasteiger partial charge in [0, 0.05) is 11.4 Å². The van der Waals surface area contributed by atoms with Gasteiger partial charge in [-0.15, -0.1) is 0 Å². The van der Waals surface area contributed by atoms with E-state index in [1.165, 1.54) is 0 Å². The monoisotopic (exact) mass is 357 g/mol. The van der Waals surface area contributed by atoms with Gasteiger partial charge in [-0.3, -0.25) is 0 Å². The molecule has 0 bridgehead atoms. The third-order valence-corrected chi connectivity index (χ3v) is 5.24. The van der Waals surface area contributed by atoms with Crippen LogP contribution >= 0.6 is 0 Å². The molecule has 0 N–H and O–H groups in total. The molecule has 27 heavy (non-hydrogen) atoms. The number of carbonyl (C=O) groups is 1. The number of fused-ring (bicyclic) bond motifs is 1. The molecule has 0 aliphatic carbocycles. The Morgan fingerprint density at radius 2 is 1.30 bits per heavy atom. The lowest BCUT2D eigenvalue weighted by atomic mass is 9.97. The van der Waals surface area contributed by atoms with Crippen molar-refractivity contribution in [1.82, 2.24) is 5.06 Å². The number of anilines is 2. The van der Waals surface area contributed by atoms with Gasteiger partial charge in [-0.25, -0.2) is 9.69 Å². The Labute approximate surface area is 158 Å². The molecule has 2 aliphatic rings. The summed E-state index contributed by atoms with van der Waals surface area (Å²) in [6.07, 6.45) is -0.349.